The van der Waals surface area contributed by atoms with Gasteiger partial charge in [0.15, 0.2) is 6.20 Å². The van der Waals surface area contributed by atoms with Crippen molar-refractivity contribution < 1.29 is 14.5 Å². The number of ether oxygens (including phenoxy) is 1. The number of pyridine rings is 1. The monoisotopic (exact) mass is 374 g/mol. The van der Waals surface area contributed by atoms with E-state index in [1.807, 2.05) is 0 Å². The molecule has 9 heteroatoms. The van der Waals surface area contributed by atoms with Crippen molar-refractivity contribution in [3.05, 3.63) is 26.9 Å². The van der Waals surface area contributed by atoms with Crippen molar-refractivity contribution in [3.8, 4) is 0 Å². The van der Waals surface area contributed by atoms with Crippen LogP contribution in [0, 0.1) is 10.1 Å². The van der Waals surface area contributed by atoms with E-state index in [1.54, 1.807) is 26.8 Å². The van der Waals surface area contributed by atoms with Crippen LogP contribution in [0.2, 0.25) is 0 Å². The van der Waals surface area contributed by atoms with Crippen molar-refractivity contribution in [2.45, 2.75) is 32.8 Å². The molecule has 0 atom stereocenters. The Kier molecular flexibility index (Phi) is 6.54. The van der Waals surface area contributed by atoms with Crippen molar-refractivity contribution >= 4 is 33.5 Å². The summed E-state index contributed by atoms with van der Waals surface area (Å²) in [5, 5.41) is 16.4. The summed E-state index contributed by atoms with van der Waals surface area (Å²) in [6.45, 7) is 6.21. The van der Waals surface area contributed by atoms with E-state index in [4.69, 9.17) is 4.74 Å². The van der Waals surface area contributed by atoms with Gasteiger partial charge in [-0.25, -0.2) is 4.79 Å². The minimum atomic E-state index is -0.548. The van der Waals surface area contributed by atoms with Gasteiger partial charge in [-0.2, -0.15) is 0 Å². The Morgan fingerprint density at radius 2 is 2.14 bits per heavy atom. The largest absolute Gasteiger partial charge is 0.444 e. The Labute approximate surface area is 136 Å². The number of anilines is 1. The molecule has 22 heavy (non-hydrogen) atoms. The van der Waals surface area contributed by atoms with Gasteiger partial charge in [-0.3, -0.25) is 0 Å². The molecular formula is C13H19BrN4O4. The highest BCUT2D eigenvalue weighted by molar-refractivity contribution is 9.10. The van der Waals surface area contributed by atoms with Gasteiger partial charge in [-0.05, 0) is 59.1 Å². The lowest BCUT2D eigenvalue weighted by Gasteiger charge is -2.19. The van der Waals surface area contributed by atoms with Crippen molar-refractivity contribution in [2.24, 2.45) is 0 Å². The van der Waals surface area contributed by atoms with E-state index in [0.717, 1.165) is 0 Å². The average Bonchev–Trinajstić information content (AvgIpc) is 2.35. The van der Waals surface area contributed by atoms with E-state index in [1.165, 1.54) is 6.20 Å². The molecule has 1 aromatic heterocycles. The van der Waals surface area contributed by atoms with Crippen molar-refractivity contribution in [3.63, 3.8) is 0 Å². The van der Waals surface area contributed by atoms with Crippen LogP contribution in [0.3, 0.4) is 0 Å². The Bertz CT molecular complexity index is 545. The molecule has 0 aliphatic carbocycles. The van der Waals surface area contributed by atoms with Gasteiger partial charge in [-0.15, -0.1) is 0 Å². The second-order valence-electron chi connectivity index (χ2n) is 5.49. The predicted molar refractivity (Wildman–Crippen MR) is 85.9 cm³/mol. The standard InChI is InChI=1S/C13H19BrN4O4/c1-13(2,3)22-12(19)16-6-4-5-15-10-7-9(14)8-17-11(10)18(20)21/h7-8,15H,4-6H2,1-3H3,(H,16,19). The topological polar surface area (TPSA) is 106 Å². The van der Waals surface area contributed by atoms with Crippen LogP contribution in [0.4, 0.5) is 16.3 Å². The van der Waals surface area contributed by atoms with Crippen LogP contribution in [0.25, 0.3) is 0 Å². The number of alkyl carbamates (subject to hydrolysis) is 1. The number of rotatable bonds is 6. The lowest BCUT2D eigenvalue weighted by molar-refractivity contribution is -0.388. The molecule has 0 aromatic carbocycles. The molecule has 0 saturated heterocycles. The first-order valence-electron chi connectivity index (χ1n) is 6.70. The first-order valence-corrected chi connectivity index (χ1v) is 7.49. The first kappa shape index (κ1) is 18.1. The Morgan fingerprint density at radius 1 is 1.45 bits per heavy atom. The summed E-state index contributed by atoms with van der Waals surface area (Å²) >= 11 is 3.22. The number of amides is 1. The fourth-order valence-electron chi connectivity index (χ4n) is 1.52. The maximum atomic E-state index is 11.4. The molecule has 1 rings (SSSR count). The fraction of sp³-hybridized carbons (Fsp3) is 0.538. The summed E-state index contributed by atoms with van der Waals surface area (Å²) in [6, 6.07) is 1.59. The number of carbonyl (C=O) groups is 1. The number of aromatic nitrogens is 1. The van der Waals surface area contributed by atoms with E-state index >= 15 is 0 Å². The van der Waals surface area contributed by atoms with Crippen LogP contribution in [-0.4, -0.2) is 34.7 Å². The number of nitro groups is 1. The minimum Gasteiger partial charge on any atom is -0.444 e. The Morgan fingerprint density at radius 3 is 2.73 bits per heavy atom. The molecule has 0 spiro atoms. The van der Waals surface area contributed by atoms with Gasteiger partial charge in [-0.1, -0.05) is 0 Å². The lowest BCUT2D eigenvalue weighted by atomic mass is 10.2. The first-order chi connectivity index (χ1) is 10.2. The Balaban J connectivity index is 2.38. The number of halogens is 1. The quantitative estimate of drug-likeness (QED) is 0.450. The average molecular weight is 375 g/mol. The third-order valence-electron chi connectivity index (χ3n) is 2.34. The van der Waals surface area contributed by atoms with Crippen LogP contribution in [0.1, 0.15) is 27.2 Å². The van der Waals surface area contributed by atoms with Crippen LogP contribution in [0.5, 0.6) is 0 Å². The lowest BCUT2D eigenvalue weighted by Crippen LogP contribution is -2.33. The highest BCUT2D eigenvalue weighted by Crippen LogP contribution is 2.24. The minimum absolute atomic E-state index is 0.233. The summed E-state index contributed by atoms with van der Waals surface area (Å²) < 4.78 is 5.74. The number of nitrogens with zero attached hydrogens (tertiary/aromatic N) is 2. The smallest absolute Gasteiger partial charge is 0.407 e. The molecule has 1 heterocycles. The molecule has 0 radical (unpaired) electrons. The summed E-state index contributed by atoms with van der Waals surface area (Å²) in [4.78, 5) is 25.5. The number of hydrogen-bond donors (Lipinski definition) is 2. The molecule has 8 nitrogen and oxygen atoms in total. The molecule has 0 saturated carbocycles. The number of hydrogen-bond acceptors (Lipinski definition) is 6. The van der Waals surface area contributed by atoms with Gasteiger partial charge in [0.25, 0.3) is 0 Å². The highest BCUT2D eigenvalue weighted by atomic mass is 79.9. The Hall–Kier alpha value is -1.90. The van der Waals surface area contributed by atoms with Crippen molar-refractivity contribution in [2.75, 3.05) is 18.4 Å². The number of nitrogens with one attached hydrogen (secondary N) is 2. The molecule has 0 aliphatic rings. The summed E-state index contributed by atoms with van der Waals surface area (Å²) in [6.07, 6.45) is 1.47. The van der Waals surface area contributed by atoms with Gasteiger partial charge in [0, 0.05) is 13.1 Å². The maximum Gasteiger partial charge on any atom is 0.407 e. The van der Waals surface area contributed by atoms with Crippen LogP contribution >= 0.6 is 15.9 Å². The normalized spacial score (nSPS) is 10.9. The van der Waals surface area contributed by atoms with Gasteiger partial charge in [0.1, 0.15) is 11.3 Å². The molecule has 2 N–H and O–H groups in total. The predicted octanol–water partition coefficient (Wildman–Crippen LogP) is 3.08. The molecule has 1 aromatic rings. The van der Waals surface area contributed by atoms with Gasteiger partial charge < -0.3 is 25.5 Å². The van der Waals surface area contributed by atoms with Crippen LogP contribution in [-0.2, 0) is 4.74 Å². The zero-order valence-electron chi connectivity index (χ0n) is 12.7. The van der Waals surface area contributed by atoms with E-state index in [9.17, 15) is 14.9 Å². The van der Waals surface area contributed by atoms with Crippen molar-refractivity contribution in [1.29, 1.82) is 0 Å². The second kappa shape index (κ2) is 7.92. The molecule has 0 fully saturated rings. The van der Waals surface area contributed by atoms with E-state index in [-0.39, 0.29) is 5.82 Å². The molecule has 0 bridgehead atoms. The van der Waals surface area contributed by atoms with E-state index < -0.39 is 16.6 Å². The molecule has 122 valence electrons. The number of carbonyl (C=O) groups excluding carboxylic acids is 1. The SMILES string of the molecule is CC(C)(C)OC(=O)NCCCNc1cc(Br)cnc1[N+](=O)[O-]. The third kappa shape index (κ3) is 6.70. The highest BCUT2D eigenvalue weighted by Gasteiger charge is 2.16. The zero-order chi connectivity index (χ0) is 16.8. The van der Waals surface area contributed by atoms with Crippen LogP contribution < -0.4 is 10.6 Å². The molecule has 1 amide bonds. The van der Waals surface area contributed by atoms with Crippen LogP contribution in [0.15, 0.2) is 16.7 Å². The summed E-state index contributed by atoms with van der Waals surface area (Å²) in [7, 11) is 0. The maximum absolute atomic E-state index is 11.4. The fourth-order valence-corrected chi connectivity index (χ4v) is 1.86. The summed E-state index contributed by atoms with van der Waals surface area (Å²) in [5.41, 5.74) is -0.207. The molecule has 0 aliphatic heterocycles. The molecular weight excluding hydrogens is 356 g/mol. The zero-order valence-corrected chi connectivity index (χ0v) is 14.3. The van der Waals surface area contributed by atoms with Gasteiger partial charge in [0.2, 0.25) is 0 Å². The molecule has 0 unspecified atom stereocenters. The van der Waals surface area contributed by atoms with E-state index in [2.05, 4.69) is 31.5 Å². The van der Waals surface area contributed by atoms with Gasteiger partial charge in [0.05, 0.1) is 4.47 Å². The third-order valence-corrected chi connectivity index (χ3v) is 2.78. The second-order valence-corrected chi connectivity index (χ2v) is 6.41. The van der Waals surface area contributed by atoms with Crippen molar-refractivity contribution in [1.82, 2.24) is 10.3 Å². The summed E-state index contributed by atoms with van der Waals surface area (Å²) in [5.74, 6) is -0.233. The van der Waals surface area contributed by atoms with Gasteiger partial charge >= 0.3 is 11.9 Å². The van der Waals surface area contributed by atoms with E-state index in [0.29, 0.717) is 29.7 Å².